The number of ether oxygens (including phenoxy) is 2. The minimum Gasteiger partial charge on any atom is -0.494 e. The molecule has 2 rings (SSSR count). The highest BCUT2D eigenvalue weighted by Gasteiger charge is 2.12. The Morgan fingerprint density at radius 2 is 1.96 bits per heavy atom. The Hall–Kier alpha value is -2.87. The van der Waals surface area contributed by atoms with Crippen molar-refractivity contribution in [3.05, 3.63) is 58.1 Å². The van der Waals surface area contributed by atoms with Gasteiger partial charge in [0.1, 0.15) is 11.5 Å². The lowest BCUT2D eigenvalue weighted by molar-refractivity contribution is 0.0734. The second-order valence-corrected chi connectivity index (χ2v) is 5.68. The number of benzene rings is 2. The van der Waals surface area contributed by atoms with E-state index in [1.54, 1.807) is 42.5 Å². The highest BCUT2D eigenvalue weighted by Crippen LogP contribution is 2.23. The molecule has 25 heavy (non-hydrogen) atoms. The van der Waals surface area contributed by atoms with E-state index in [4.69, 9.17) is 15.2 Å². The smallest absolute Gasteiger partial charge is 0.343 e. The Morgan fingerprint density at radius 1 is 1.24 bits per heavy atom. The molecular weight excluding hydrogens is 390 g/mol. The van der Waals surface area contributed by atoms with E-state index in [1.807, 2.05) is 6.92 Å². The molecule has 0 aliphatic rings. The zero-order valence-corrected chi connectivity index (χ0v) is 14.9. The number of carbonyl (C=O) groups is 2. The van der Waals surface area contributed by atoms with E-state index in [2.05, 4.69) is 26.5 Å². The third-order valence-electron chi connectivity index (χ3n) is 2.95. The molecule has 0 radical (unpaired) electrons. The molecule has 8 heteroatoms. The van der Waals surface area contributed by atoms with Gasteiger partial charge in [-0.3, -0.25) is 0 Å². The van der Waals surface area contributed by atoms with Gasteiger partial charge in [-0.2, -0.15) is 5.10 Å². The van der Waals surface area contributed by atoms with Gasteiger partial charge in [0.05, 0.1) is 18.4 Å². The quantitative estimate of drug-likeness (QED) is 0.333. The van der Waals surface area contributed by atoms with Crippen LogP contribution in [0.2, 0.25) is 0 Å². The van der Waals surface area contributed by atoms with Crippen molar-refractivity contribution in [2.24, 2.45) is 10.8 Å². The molecule has 0 aliphatic heterocycles. The molecule has 0 aliphatic carbocycles. The summed E-state index contributed by atoms with van der Waals surface area (Å²) in [6, 6.07) is 10.9. The largest absolute Gasteiger partial charge is 0.494 e. The minimum absolute atomic E-state index is 0.289. The van der Waals surface area contributed by atoms with Crippen LogP contribution in [-0.4, -0.2) is 24.8 Å². The Bertz CT molecular complexity index is 791. The number of halogens is 1. The highest BCUT2D eigenvalue weighted by atomic mass is 79.9. The number of hydrogen-bond acceptors (Lipinski definition) is 5. The monoisotopic (exact) mass is 405 g/mol. The third-order valence-corrected chi connectivity index (χ3v) is 3.45. The van der Waals surface area contributed by atoms with Gasteiger partial charge >= 0.3 is 12.0 Å². The minimum atomic E-state index is -0.792. The predicted molar refractivity (Wildman–Crippen MR) is 97.0 cm³/mol. The van der Waals surface area contributed by atoms with Crippen LogP contribution in [0.4, 0.5) is 4.79 Å². The number of rotatable bonds is 6. The standard InChI is InChI=1S/C17H16BrN3O4/c1-2-24-14-6-3-11(4-7-14)16(22)25-15-8-5-13(18)9-12(15)10-20-21-17(19)23/h3-10H,2H2,1H3,(H3,19,21,23)/b20-10+. The van der Waals surface area contributed by atoms with Crippen molar-refractivity contribution in [2.75, 3.05) is 6.61 Å². The molecule has 3 N–H and O–H groups in total. The Balaban J connectivity index is 2.16. The van der Waals surface area contributed by atoms with Crippen LogP contribution >= 0.6 is 15.9 Å². The third kappa shape index (κ3) is 5.61. The van der Waals surface area contributed by atoms with Gasteiger partial charge in [-0.25, -0.2) is 15.0 Å². The van der Waals surface area contributed by atoms with Crippen molar-refractivity contribution < 1.29 is 19.1 Å². The predicted octanol–water partition coefficient (Wildman–Crippen LogP) is 3.07. The van der Waals surface area contributed by atoms with Gasteiger partial charge in [-0.15, -0.1) is 0 Å². The number of urea groups is 1. The van der Waals surface area contributed by atoms with E-state index >= 15 is 0 Å². The maximum absolute atomic E-state index is 12.3. The molecule has 0 fully saturated rings. The first-order valence-corrected chi connectivity index (χ1v) is 8.12. The first-order valence-electron chi connectivity index (χ1n) is 7.32. The van der Waals surface area contributed by atoms with Crippen LogP contribution in [-0.2, 0) is 0 Å². The fraction of sp³-hybridized carbons (Fsp3) is 0.118. The number of nitrogens with one attached hydrogen (secondary N) is 1. The molecular formula is C17H16BrN3O4. The van der Waals surface area contributed by atoms with Crippen LogP contribution in [0.25, 0.3) is 0 Å². The Kier molecular flexibility index (Phi) is 6.53. The molecule has 0 spiro atoms. The summed E-state index contributed by atoms with van der Waals surface area (Å²) in [5.74, 6) is 0.438. The molecule has 130 valence electrons. The fourth-order valence-electron chi connectivity index (χ4n) is 1.89. The second-order valence-electron chi connectivity index (χ2n) is 4.76. The molecule has 0 heterocycles. The van der Waals surface area contributed by atoms with Crippen LogP contribution in [0.5, 0.6) is 11.5 Å². The first-order chi connectivity index (χ1) is 12.0. The number of nitrogens with two attached hydrogens (primary N) is 1. The number of primary amides is 1. The summed E-state index contributed by atoms with van der Waals surface area (Å²) in [5.41, 5.74) is 7.90. The zero-order chi connectivity index (χ0) is 18.2. The normalized spacial score (nSPS) is 10.5. The van der Waals surface area contributed by atoms with Crippen LogP contribution in [0.1, 0.15) is 22.8 Å². The lowest BCUT2D eigenvalue weighted by Gasteiger charge is -2.09. The van der Waals surface area contributed by atoms with Crippen molar-refractivity contribution in [3.8, 4) is 11.5 Å². The van der Waals surface area contributed by atoms with E-state index in [0.29, 0.717) is 23.5 Å². The van der Waals surface area contributed by atoms with Crippen molar-refractivity contribution in [2.45, 2.75) is 6.92 Å². The lowest BCUT2D eigenvalue weighted by atomic mass is 10.2. The summed E-state index contributed by atoms with van der Waals surface area (Å²) in [6.45, 7) is 2.43. The zero-order valence-electron chi connectivity index (χ0n) is 13.4. The molecule has 2 amide bonds. The average Bonchev–Trinajstić information content (AvgIpc) is 2.58. The number of hydrazone groups is 1. The van der Waals surface area contributed by atoms with E-state index in [0.717, 1.165) is 4.47 Å². The van der Waals surface area contributed by atoms with E-state index < -0.39 is 12.0 Å². The van der Waals surface area contributed by atoms with Crippen molar-refractivity contribution >= 4 is 34.1 Å². The highest BCUT2D eigenvalue weighted by molar-refractivity contribution is 9.10. The van der Waals surface area contributed by atoms with Gasteiger partial charge in [0, 0.05) is 10.0 Å². The molecule has 0 saturated heterocycles. The fourth-order valence-corrected chi connectivity index (χ4v) is 2.27. The van der Waals surface area contributed by atoms with Gasteiger partial charge in [-0.1, -0.05) is 15.9 Å². The van der Waals surface area contributed by atoms with E-state index in [1.165, 1.54) is 6.21 Å². The van der Waals surface area contributed by atoms with Gasteiger partial charge in [0.15, 0.2) is 0 Å². The maximum atomic E-state index is 12.3. The number of esters is 1. The van der Waals surface area contributed by atoms with Crippen molar-refractivity contribution in [3.63, 3.8) is 0 Å². The average molecular weight is 406 g/mol. The summed E-state index contributed by atoms with van der Waals surface area (Å²) in [5, 5.41) is 3.68. The molecule has 0 bridgehead atoms. The molecule has 0 aromatic heterocycles. The molecule has 2 aromatic carbocycles. The van der Waals surface area contributed by atoms with Crippen LogP contribution in [0.3, 0.4) is 0 Å². The summed E-state index contributed by atoms with van der Waals surface area (Å²) in [6.07, 6.45) is 1.33. The Labute approximate surface area is 152 Å². The van der Waals surface area contributed by atoms with Crippen LogP contribution in [0, 0.1) is 0 Å². The molecule has 0 atom stereocenters. The molecule has 7 nitrogen and oxygen atoms in total. The van der Waals surface area contributed by atoms with Gasteiger partial charge < -0.3 is 15.2 Å². The summed E-state index contributed by atoms with van der Waals surface area (Å²) >= 11 is 3.32. The van der Waals surface area contributed by atoms with Crippen molar-refractivity contribution in [1.82, 2.24) is 5.43 Å². The van der Waals surface area contributed by atoms with E-state index in [9.17, 15) is 9.59 Å². The number of carbonyl (C=O) groups excluding carboxylic acids is 2. The van der Waals surface area contributed by atoms with Crippen LogP contribution in [0.15, 0.2) is 52.0 Å². The van der Waals surface area contributed by atoms with Gasteiger partial charge in [-0.05, 0) is 49.4 Å². The van der Waals surface area contributed by atoms with Gasteiger partial charge in [0.2, 0.25) is 0 Å². The maximum Gasteiger partial charge on any atom is 0.343 e. The van der Waals surface area contributed by atoms with Crippen LogP contribution < -0.4 is 20.6 Å². The molecule has 0 unspecified atom stereocenters. The molecule has 2 aromatic rings. The SMILES string of the molecule is CCOc1ccc(C(=O)Oc2ccc(Br)cc2/C=N/NC(N)=O)cc1. The Morgan fingerprint density at radius 3 is 2.60 bits per heavy atom. The molecule has 0 saturated carbocycles. The van der Waals surface area contributed by atoms with E-state index in [-0.39, 0.29) is 5.75 Å². The van der Waals surface area contributed by atoms with Gasteiger partial charge in [0.25, 0.3) is 0 Å². The second kappa shape index (κ2) is 8.84. The lowest BCUT2D eigenvalue weighted by Crippen LogP contribution is -2.24. The number of hydrogen-bond donors (Lipinski definition) is 2. The summed E-state index contributed by atoms with van der Waals surface area (Å²) in [4.78, 5) is 23.0. The number of amides is 2. The topological polar surface area (TPSA) is 103 Å². The summed E-state index contributed by atoms with van der Waals surface area (Å²) in [7, 11) is 0. The van der Waals surface area contributed by atoms with Crippen molar-refractivity contribution in [1.29, 1.82) is 0 Å². The summed E-state index contributed by atoms with van der Waals surface area (Å²) < 4.78 is 11.5. The first kappa shape index (κ1) is 18.5. The number of nitrogens with zero attached hydrogens (tertiary/aromatic N) is 1.